The molecule has 2 nitrogen and oxygen atoms in total. The second-order valence-electron chi connectivity index (χ2n) is 2.07. The summed E-state index contributed by atoms with van der Waals surface area (Å²) in [6, 6.07) is 8.95. The molecule has 0 radical (unpaired) electrons. The molecule has 1 N–H and O–H groups in total. The average molecular weight is 259 g/mol. The van der Waals surface area contributed by atoms with Gasteiger partial charge in [-0.1, -0.05) is 12.1 Å². The van der Waals surface area contributed by atoms with E-state index in [4.69, 9.17) is 10.4 Å². The van der Waals surface area contributed by atoms with Crippen molar-refractivity contribution in [2.24, 2.45) is 0 Å². The smallest absolute Gasteiger partial charge is 0.130 e. The molecule has 1 atom stereocenters. The predicted octanol–water partition coefficient (Wildman–Crippen LogP) is 1.98. The first-order valence-electron chi connectivity index (χ1n) is 3.06. The van der Waals surface area contributed by atoms with Gasteiger partial charge in [0.15, 0.2) is 0 Å². The van der Waals surface area contributed by atoms with Gasteiger partial charge in [-0.25, -0.2) is 0 Å². The molecule has 1 aromatic rings. The molecule has 1 aromatic carbocycles. The van der Waals surface area contributed by atoms with Crippen molar-refractivity contribution in [1.29, 1.82) is 5.26 Å². The van der Waals surface area contributed by atoms with Gasteiger partial charge in [-0.2, -0.15) is 5.26 Å². The normalized spacial score (nSPS) is 12.1. The van der Waals surface area contributed by atoms with Gasteiger partial charge in [0.1, 0.15) is 4.11 Å². The van der Waals surface area contributed by atoms with E-state index in [9.17, 15) is 0 Å². The number of alkyl halides is 1. The third-order valence-corrected chi connectivity index (χ3v) is 2.01. The van der Waals surface area contributed by atoms with Crippen LogP contribution in [0.3, 0.4) is 0 Å². The SMILES string of the molecule is N#Cc1cccc(C(O)I)c1. The number of aliphatic hydroxyl groups is 1. The highest BCUT2D eigenvalue weighted by Crippen LogP contribution is 2.19. The fraction of sp³-hybridized carbons (Fsp3) is 0.125. The van der Waals surface area contributed by atoms with Crippen LogP contribution in [0.2, 0.25) is 0 Å². The van der Waals surface area contributed by atoms with Crippen molar-refractivity contribution in [3.05, 3.63) is 35.4 Å². The second-order valence-corrected chi connectivity index (χ2v) is 3.25. The molecule has 0 spiro atoms. The molecule has 0 heterocycles. The lowest BCUT2D eigenvalue weighted by Crippen LogP contribution is -1.86. The van der Waals surface area contributed by atoms with Crippen LogP contribution < -0.4 is 0 Å². The van der Waals surface area contributed by atoms with Crippen LogP contribution >= 0.6 is 22.6 Å². The van der Waals surface area contributed by atoms with Gasteiger partial charge in [-0.15, -0.1) is 0 Å². The van der Waals surface area contributed by atoms with Gasteiger partial charge in [0, 0.05) is 0 Å². The van der Waals surface area contributed by atoms with Crippen molar-refractivity contribution in [2.75, 3.05) is 0 Å². The number of benzene rings is 1. The number of halogens is 1. The van der Waals surface area contributed by atoms with Gasteiger partial charge >= 0.3 is 0 Å². The highest BCUT2D eigenvalue weighted by molar-refractivity contribution is 14.1. The first kappa shape index (κ1) is 8.50. The largest absolute Gasteiger partial charge is 0.378 e. The molecule has 0 saturated carbocycles. The predicted molar refractivity (Wildman–Crippen MR) is 50.1 cm³/mol. The molecule has 11 heavy (non-hydrogen) atoms. The zero-order valence-electron chi connectivity index (χ0n) is 5.66. The van der Waals surface area contributed by atoms with E-state index in [1.54, 1.807) is 24.3 Å². The second kappa shape index (κ2) is 3.69. The summed E-state index contributed by atoms with van der Waals surface area (Å²) in [6.45, 7) is 0. The highest BCUT2D eigenvalue weighted by atomic mass is 127. The summed E-state index contributed by atoms with van der Waals surface area (Å²) in [5.41, 5.74) is 1.35. The summed E-state index contributed by atoms with van der Waals surface area (Å²) in [5.74, 6) is 0. The summed E-state index contributed by atoms with van der Waals surface area (Å²) >= 11 is 1.89. The molecule has 0 aromatic heterocycles. The Bertz CT molecular complexity index is 290. The molecular weight excluding hydrogens is 253 g/mol. The van der Waals surface area contributed by atoms with Gasteiger partial charge in [0.25, 0.3) is 0 Å². The van der Waals surface area contributed by atoms with Crippen molar-refractivity contribution < 1.29 is 5.11 Å². The standard InChI is InChI=1S/C8H6INO/c9-8(11)7-3-1-2-6(4-7)5-10/h1-4,8,11H. The van der Waals surface area contributed by atoms with Gasteiger partial charge in [-0.05, 0) is 40.3 Å². The average Bonchev–Trinajstić information content (AvgIpc) is 2.05. The zero-order valence-corrected chi connectivity index (χ0v) is 7.82. The lowest BCUT2D eigenvalue weighted by molar-refractivity contribution is 0.286. The van der Waals surface area contributed by atoms with Crippen LogP contribution in [-0.4, -0.2) is 5.11 Å². The van der Waals surface area contributed by atoms with Gasteiger partial charge in [-0.3, -0.25) is 0 Å². The molecule has 0 aliphatic carbocycles. The van der Waals surface area contributed by atoms with Crippen molar-refractivity contribution in [3.63, 3.8) is 0 Å². The Hall–Kier alpha value is -0.600. The number of rotatable bonds is 1. The fourth-order valence-corrected chi connectivity index (χ4v) is 1.14. The van der Waals surface area contributed by atoms with E-state index in [1.165, 1.54) is 0 Å². The number of hydrogen-bond donors (Lipinski definition) is 1. The van der Waals surface area contributed by atoms with Crippen LogP contribution in [0.25, 0.3) is 0 Å². The molecule has 1 rings (SSSR count). The molecule has 0 aliphatic rings. The minimum atomic E-state index is -0.527. The Labute approximate surface area is 78.6 Å². The van der Waals surface area contributed by atoms with Crippen LogP contribution in [0, 0.1) is 11.3 Å². The lowest BCUT2D eigenvalue weighted by Gasteiger charge is -2.01. The van der Waals surface area contributed by atoms with E-state index in [1.807, 2.05) is 28.7 Å². The van der Waals surface area contributed by atoms with E-state index in [-0.39, 0.29) is 0 Å². The third kappa shape index (κ3) is 2.17. The number of aliphatic hydroxyl groups excluding tert-OH is 1. The summed E-state index contributed by atoms with van der Waals surface area (Å²) in [5, 5.41) is 17.6. The molecule has 0 aliphatic heterocycles. The van der Waals surface area contributed by atoms with E-state index in [2.05, 4.69) is 0 Å². The number of nitriles is 1. The maximum absolute atomic E-state index is 9.12. The third-order valence-electron chi connectivity index (χ3n) is 1.29. The molecule has 1 unspecified atom stereocenters. The van der Waals surface area contributed by atoms with Crippen molar-refractivity contribution >= 4 is 22.6 Å². The lowest BCUT2D eigenvalue weighted by atomic mass is 10.1. The Kier molecular flexibility index (Phi) is 2.85. The van der Waals surface area contributed by atoms with E-state index >= 15 is 0 Å². The van der Waals surface area contributed by atoms with E-state index in [0.29, 0.717) is 5.56 Å². The van der Waals surface area contributed by atoms with Crippen LogP contribution in [0.15, 0.2) is 24.3 Å². The molecule has 0 saturated heterocycles. The van der Waals surface area contributed by atoms with Gasteiger partial charge < -0.3 is 5.11 Å². The monoisotopic (exact) mass is 259 g/mol. The molecule has 3 heteroatoms. The zero-order chi connectivity index (χ0) is 8.27. The maximum Gasteiger partial charge on any atom is 0.130 e. The Morgan fingerprint density at radius 1 is 1.55 bits per heavy atom. The Morgan fingerprint density at radius 2 is 2.27 bits per heavy atom. The maximum atomic E-state index is 9.12. The fourth-order valence-electron chi connectivity index (χ4n) is 0.756. The summed E-state index contributed by atoms with van der Waals surface area (Å²) in [7, 11) is 0. The van der Waals surface area contributed by atoms with Crippen LogP contribution in [0.1, 0.15) is 15.2 Å². The first-order valence-corrected chi connectivity index (χ1v) is 4.31. The van der Waals surface area contributed by atoms with Crippen molar-refractivity contribution in [3.8, 4) is 6.07 Å². The number of nitrogens with zero attached hydrogens (tertiary/aromatic N) is 1. The molecular formula is C8H6INO. The van der Waals surface area contributed by atoms with Gasteiger partial charge in [0.2, 0.25) is 0 Å². The van der Waals surface area contributed by atoms with Crippen LogP contribution in [0.4, 0.5) is 0 Å². The Balaban J connectivity index is 3.03. The summed E-state index contributed by atoms with van der Waals surface area (Å²) in [6.07, 6.45) is 0. The van der Waals surface area contributed by atoms with Gasteiger partial charge in [0.05, 0.1) is 11.6 Å². The summed E-state index contributed by atoms with van der Waals surface area (Å²) < 4.78 is -0.527. The highest BCUT2D eigenvalue weighted by Gasteiger charge is 2.01. The topological polar surface area (TPSA) is 44.0 Å². The Morgan fingerprint density at radius 3 is 2.82 bits per heavy atom. The summed E-state index contributed by atoms with van der Waals surface area (Å²) in [4.78, 5) is 0. The van der Waals surface area contributed by atoms with Crippen molar-refractivity contribution in [1.82, 2.24) is 0 Å². The molecule has 56 valence electrons. The van der Waals surface area contributed by atoms with Crippen LogP contribution in [-0.2, 0) is 0 Å². The number of hydrogen-bond acceptors (Lipinski definition) is 2. The molecule has 0 fully saturated rings. The minimum absolute atomic E-state index is 0.527. The quantitative estimate of drug-likeness (QED) is 0.619. The minimum Gasteiger partial charge on any atom is -0.378 e. The first-order chi connectivity index (χ1) is 5.24. The molecule has 0 bridgehead atoms. The molecule has 0 amide bonds. The van der Waals surface area contributed by atoms with Crippen molar-refractivity contribution in [2.45, 2.75) is 4.11 Å². The van der Waals surface area contributed by atoms with E-state index < -0.39 is 4.11 Å². The van der Waals surface area contributed by atoms with Crippen LogP contribution in [0.5, 0.6) is 0 Å². The van der Waals surface area contributed by atoms with E-state index in [0.717, 1.165) is 5.56 Å².